The van der Waals surface area contributed by atoms with Crippen molar-refractivity contribution in [2.45, 2.75) is 27.7 Å². The molecule has 0 radical (unpaired) electrons. The molecule has 1 aromatic carbocycles. The van der Waals surface area contributed by atoms with Crippen molar-refractivity contribution in [2.75, 3.05) is 0 Å². The Bertz CT molecular complexity index is 901. The number of ether oxygens (including phenoxy) is 1. The van der Waals surface area contributed by atoms with Crippen LogP contribution >= 0.6 is 0 Å². The lowest BCUT2D eigenvalue weighted by Crippen LogP contribution is -2.14. The minimum absolute atomic E-state index is 0.321. The van der Waals surface area contributed by atoms with Crippen LogP contribution in [0.15, 0.2) is 36.4 Å². The van der Waals surface area contributed by atoms with E-state index in [9.17, 15) is 4.79 Å². The first-order valence-corrected chi connectivity index (χ1v) is 7.62. The summed E-state index contributed by atoms with van der Waals surface area (Å²) in [7, 11) is 0. The fourth-order valence-electron chi connectivity index (χ4n) is 2.33. The lowest BCUT2D eigenvalue weighted by molar-refractivity contribution is 0.0722. The lowest BCUT2D eigenvalue weighted by Gasteiger charge is -2.11. The second-order valence-corrected chi connectivity index (χ2v) is 5.59. The van der Waals surface area contributed by atoms with Crippen LogP contribution in [0, 0.1) is 27.7 Å². The summed E-state index contributed by atoms with van der Waals surface area (Å²) in [6, 6.07) is 10.5. The van der Waals surface area contributed by atoms with Gasteiger partial charge in [-0.25, -0.2) is 9.78 Å². The van der Waals surface area contributed by atoms with Crippen LogP contribution in [0.1, 0.15) is 33.1 Å². The summed E-state index contributed by atoms with van der Waals surface area (Å²) in [4.78, 5) is 21.3. The molecule has 0 aliphatic carbocycles. The molecule has 0 aliphatic rings. The molecule has 3 aromatic rings. The number of aryl methyl sites for hydroxylation is 4. The number of carbonyl (C=O) groups is 1. The normalized spacial score (nSPS) is 10.7. The Morgan fingerprint density at radius 3 is 2.33 bits per heavy atom. The fourth-order valence-corrected chi connectivity index (χ4v) is 2.33. The van der Waals surface area contributed by atoms with E-state index >= 15 is 0 Å². The molecule has 0 saturated carbocycles. The van der Waals surface area contributed by atoms with Gasteiger partial charge in [-0.1, -0.05) is 18.2 Å². The molecule has 0 saturated heterocycles. The van der Waals surface area contributed by atoms with E-state index in [2.05, 4.69) is 15.1 Å². The molecule has 122 valence electrons. The van der Waals surface area contributed by atoms with Crippen LogP contribution in [0.2, 0.25) is 0 Å². The van der Waals surface area contributed by atoms with Crippen LogP contribution in [-0.4, -0.2) is 25.7 Å². The first-order chi connectivity index (χ1) is 11.5. The maximum atomic E-state index is 12.3. The van der Waals surface area contributed by atoms with Crippen molar-refractivity contribution in [3.05, 3.63) is 64.7 Å². The Kier molecular flexibility index (Phi) is 4.12. The van der Waals surface area contributed by atoms with Crippen molar-refractivity contribution in [1.29, 1.82) is 0 Å². The Morgan fingerprint density at radius 2 is 1.62 bits per heavy atom. The minimum atomic E-state index is -0.439. The third-order valence-corrected chi connectivity index (χ3v) is 3.66. The van der Waals surface area contributed by atoms with Gasteiger partial charge >= 0.3 is 5.97 Å². The van der Waals surface area contributed by atoms with Gasteiger partial charge in [-0.15, -0.1) is 0 Å². The molecule has 0 amide bonds. The number of benzene rings is 1. The van der Waals surface area contributed by atoms with Gasteiger partial charge in [0.15, 0.2) is 5.82 Å². The maximum absolute atomic E-state index is 12.3. The summed E-state index contributed by atoms with van der Waals surface area (Å²) in [5.41, 5.74) is 3.60. The van der Waals surface area contributed by atoms with Crippen molar-refractivity contribution < 1.29 is 9.53 Å². The van der Waals surface area contributed by atoms with Gasteiger partial charge in [0, 0.05) is 6.07 Å². The number of aromatic nitrogens is 4. The molecular formula is C18H18N4O2. The zero-order valence-electron chi connectivity index (χ0n) is 14.1. The first-order valence-electron chi connectivity index (χ1n) is 7.62. The topological polar surface area (TPSA) is 69.9 Å². The Morgan fingerprint density at radius 1 is 0.958 bits per heavy atom. The third-order valence-electron chi connectivity index (χ3n) is 3.66. The van der Waals surface area contributed by atoms with E-state index in [1.54, 1.807) is 30.3 Å². The summed E-state index contributed by atoms with van der Waals surface area (Å²) in [5, 5.41) is 4.40. The maximum Gasteiger partial charge on any atom is 0.344 e. The average Bonchev–Trinajstić information content (AvgIpc) is 2.92. The molecule has 0 fully saturated rings. The monoisotopic (exact) mass is 322 g/mol. The molecule has 0 spiro atoms. The minimum Gasteiger partial charge on any atom is -0.404 e. The molecule has 0 aliphatic heterocycles. The molecule has 0 unspecified atom stereocenters. The standard InChI is InChI=1S/C18H18N4O2/c1-11-10-16(24-18(23)15-8-6-5-7-9-15)22(21-11)17-14(4)19-12(2)13(3)20-17/h5-10H,1-4H3. The van der Waals surface area contributed by atoms with Crippen LogP contribution in [0.4, 0.5) is 0 Å². The second-order valence-electron chi connectivity index (χ2n) is 5.59. The van der Waals surface area contributed by atoms with Crippen LogP contribution in [0.25, 0.3) is 5.82 Å². The van der Waals surface area contributed by atoms with Crippen LogP contribution in [0.3, 0.4) is 0 Å². The second kappa shape index (κ2) is 6.23. The smallest absolute Gasteiger partial charge is 0.344 e. The van der Waals surface area contributed by atoms with Gasteiger partial charge in [0.1, 0.15) is 0 Å². The van der Waals surface area contributed by atoms with Gasteiger partial charge in [0.05, 0.1) is 28.3 Å². The number of hydrogen-bond donors (Lipinski definition) is 0. The molecule has 2 heterocycles. The number of esters is 1. The number of carbonyl (C=O) groups excluding carboxylic acids is 1. The summed E-state index contributed by atoms with van der Waals surface area (Å²) in [5.74, 6) is 0.440. The van der Waals surface area contributed by atoms with E-state index in [1.807, 2.05) is 33.8 Å². The summed E-state index contributed by atoms with van der Waals surface area (Å²) in [6.45, 7) is 7.48. The van der Waals surface area contributed by atoms with E-state index in [4.69, 9.17) is 4.74 Å². The van der Waals surface area contributed by atoms with Crippen LogP contribution in [-0.2, 0) is 0 Å². The predicted molar refractivity (Wildman–Crippen MR) is 89.5 cm³/mol. The van der Waals surface area contributed by atoms with E-state index in [1.165, 1.54) is 4.68 Å². The van der Waals surface area contributed by atoms with E-state index < -0.39 is 5.97 Å². The zero-order chi connectivity index (χ0) is 17.3. The van der Waals surface area contributed by atoms with Crippen LogP contribution in [0.5, 0.6) is 5.88 Å². The van der Waals surface area contributed by atoms with Gasteiger partial charge < -0.3 is 4.74 Å². The van der Waals surface area contributed by atoms with Gasteiger partial charge in [-0.05, 0) is 39.8 Å². The Hall–Kier alpha value is -3.02. The van der Waals surface area contributed by atoms with Crippen molar-refractivity contribution in [3.8, 4) is 11.7 Å². The zero-order valence-corrected chi connectivity index (χ0v) is 14.1. The molecule has 6 heteroatoms. The molecule has 6 nitrogen and oxygen atoms in total. The highest BCUT2D eigenvalue weighted by atomic mass is 16.5. The average molecular weight is 322 g/mol. The van der Waals surface area contributed by atoms with E-state index in [-0.39, 0.29) is 0 Å². The lowest BCUT2D eigenvalue weighted by atomic mass is 10.2. The van der Waals surface area contributed by atoms with Gasteiger partial charge in [-0.2, -0.15) is 9.78 Å². The molecule has 0 atom stereocenters. The number of rotatable bonds is 3. The quantitative estimate of drug-likeness (QED) is 0.693. The third kappa shape index (κ3) is 3.03. The first kappa shape index (κ1) is 15.9. The molecule has 0 bridgehead atoms. The van der Waals surface area contributed by atoms with Crippen molar-refractivity contribution in [2.24, 2.45) is 0 Å². The highest BCUT2D eigenvalue weighted by Gasteiger charge is 2.18. The van der Waals surface area contributed by atoms with Gasteiger partial charge in [-0.3, -0.25) is 4.98 Å². The van der Waals surface area contributed by atoms with E-state index in [0.29, 0.717) is 17.3 Å². The molecular weight excluding hydrogens is 304 g/mol. The molecule has 2 aromatic heterocycles. The molecule has 0 N–H and O–H groups in total. The summed E-state index contributed by atoms with van der Waals surface area (Å²) < 4.78 is 7.04. The van der Waals surface area contributed by atoms with Crippen molar-refractivity contribution in [3.63, 3.8) is 0 Å². The number of nitrogens with zero attached hydrogens (tertiary/aromatic N) is 4. The van der Waals surface area contributed by atoms with E-state index in [0.717, 1.165) is 22.8 Å². The Labute approximate surface area is 140 Å². The van der Waals surface area contributed by atoms with Gasteiger partial charge in [0.2, 0.25) is 5.88 Å². The van der Waals surface area contributed by atoms with Crippen LogP contribution < -0.4 is 4.74 Å². The Balaban J connectivity index is 2.00. The van der Waals surface area contributed by atoms with Crippen molar-refractivity contribution >= 4 is 5.97 Å². The highest BCUT2D eigenvalue weighted by Crippen LogP contribution is 2.21. The number of hydrogen-bond acceptors (Lipinski definition) is 5. The predicted octanol–water partition coefficient (Wildman–Crippen LogP) is 3.12. The van der Waals surface area contributed by atoms with Crippen molar-refractivity contribution in [1.82, 2.24) is 19.7 Å². The largest absolute Gasteiger partial charge is 0.404 e. The van der Waals surface area contributed by atoms with Gasteiger partial charge in [0.25, 0.3) is 0 Å². The highest BCUT2D eigenvalue weighted by molar-refractivity contribution is 5.90. The molecule has 3 rings (SSSR count). The summed E-state index contributed by atoms with van der Waals surface area (Å²) in [6.07, 6.45) is 0. The molecule has 24 heavy (non-hydrogen) atoms. The fraction of sp³-hybridized carbons (Fsp3) is 0.222. The SMILES string of the molecule is Cc1cc(OC(=O)c2ccccc2)n(-c2nc(C)c(C)nc2C)n1. The summed E-state index contributed by atoms with van der Waals surface area (Å²) >= 11 is 0.